The Bertz CT molecular complexity index is 844. The third kappa shape index (κ3) is 4.26. The Labute approximate surface area is 161 Å². The molecule has 4 nitrogen and oxygen atoms in total. The highest BCUT2D eigenvalue weighted by Gasteiger charge is 2.34. The minimum atomic E-state index is -0.448. The normalized spacial score (nSPS) is 20.6. The summed E-state index contributed by atoms with van der Waals surface area (Å²) in [6.45, 7) is 8.93. The summed E-state index contributed by atoms with van der Waals surface area (Å²) in [6, 6.07) is 1.53. The lowest BCUT2D eigenvalue weighted by Crippen LogP contribution is -2.32. The van der Waals surface area contributed by atoms with Crippen LogP contribution in [0.3, 0.4) is 0 Å². The van der Waals surface area contributed by atoms with Crippen LogP contribution in [-0.2, 0) is 6.54 Å². The van der Waals surface area contributed by atoms with Crippen molar-refractivity contribution >= 4 is 12.0 Å². The molecule has 1 atom stereocenters. The van der Waals surface area contributed by atoms with Crippen LogP contribution >= 0.6 is 0 Å². The van der Waals surface area contributed by atoms with Gasteiger partial charge in [-0.1, -0.05) is 23.3 Å². The van der Waals surface area contributed by atoms with Gasteiger partial charge in [0.25, 0.3) is 5.91 Å². The topological polar surface area (TPSA) is 58.6 Å². The third-order valence-corrected chi connectivity index (χ3v) is 5.23. The van der Waals surface area contributed by atoms with Crippen LogP contribution < -0.4 is 10.1 Å². The quantitative estimate of drug-likeness (QED) is 0.673. The van der Waals surface area contributed by atoms with E-state index >= 15 is 0 Å². The zero-order chi connectivity index (χ0) is 19.6. The van der Waals surface area contributed by atoms with E-state index < -0.39 is 5.60 Å². The van der Waals surface area contributed by atoms with E-state index in [1.165, 1.54) is 17.2 Å². The van der Waals surface area contributed by atoms with Gasteiger partial charge in [0, 0.05) is 12.1 Å². The van der Waals surface area contributed by atoms with Gasteiger partial charge in [0.2, 0.25) is 0 Å². The molecule has 1 aromatic rings. The number of benzene rings is 1. The number of rotatable bonds is 6. The second-order valence-corrected chi connectivity index (χ2v) is 8.00. The molecular weight excluding hydrogens is 338 g/mol. The van der Waals surface area contributed by atoms with Gasteiger partial charge in [0.05, 0.1) is 11.1 Å². The summed E-state index contributed by atoms with van der Waals surface area (Å²) in [5.41, 5.74) is 4.33. The average Bonchev–Trinajstić information content (AvgIpc) is 2.95. The average molecular weight is 367 g/mol. The van der Waals surface area contributed by atoms with Crippen molar-refractivity contribution in [3.8, 4) is 11.5 Å². The Balaban J connectivity index is 1.69. The Hall–Kier alpha value is -2.49. The predicted octanol–water partition coefficient (Wildman–Crippen LogP) is 5.27. The van der Waals surface area contributed by atoms with Gasteiger partial charge in [0.1, 0.15) is 17.1 Å². The van der Waals surface area contributed by atoms with Crippen LogP contribution in [0, 0.1) is 0 Å². The van der Waals surface area contributed by atoms with Crippen LogP contribution in [0.25, 0.3) is 6.08 Å². The highest BCUT2D eigenvalue weighted by Crippen LogP contribution is 2.43. The number of allylic oxidation sites excluding steroid dienone is 4. The van der Waals surface area contributed by atoms with Crippen molar-refractivity contribution in [3.05, 3.63) is 52.1 Å². The van der Waals surface area contributed by atoms with Gasteiger partial charge in [-0.2, -0.15) is 0 Å². The highest BCUT2D eigenvalue weighted by atomic mass is 16.5. The Morgan fingerprint density at radius 2 is 2.07 bits per heavy atom. The van der Waals surface area contributed by atoms with Crippen LogP contribution in [0.1, 0.15) is 74.9 Å². The van der Waals surface area contributed by atoms with E-state index in [4.69, 9.17) is 4.74 Å². The van der Waals surface area contributed by atoms with Gasteiger partial charge in [-0.3, -0.25) is 4.79 Å². The standard InChI is InChI=1S/C23H29NO3/c1-15(2)7-5-8-16(3)9-6-11-23(4)12-10-17-20(25)13-18-19(21(17)27-23)14-24-22(18)26/h7,9-10,12-13,25H,5-6,8,11,14H2,1-4H3,(H,24,26)/b16-9-/t23-/m0/s1. The smallest absolute Gasteiger partial charge is 0.252 e. The van der Waals surface area contributed by atoms with Crippen molar-refractivity contribution in [2.75, 3.05) is 0 Å². The summed E-state index contributed by atoms with van der Waals surface area (Å²) in [7, 11) is 0. The van der Waals surface area contributed by atoms with Crippen molar-refractivity contribution in [2.24, 2.45) is 0 Å². The molecular formula is C23H29NO3. The number of ether oxygens (including phenoxy) is 1. The molecule has 0 saturated heterocycles. The highest BCUT2D eigenvalue weighted by molar-refractivity contribution is 6.00. The van der Waals surface area contributed by atoms with Gasteiger partial charge in [-0.25, -0.2) is 0 Å². The largest absolute Gasteiger partial charge is 0.507 e. The Morgan fingerprint density at radius 1 is 1.30 bits per heavy atom. The number of hydrogen-bond acceptors (Lipinski definition) is 3. The number of aromatic hydroxyl groups is 1. The lowest BCUT2D eigenvalue weighted by Gasteiger charge is -2.33. The number of hydrogen-bond donors (Lipinski definition) is 2. The molecule has 3 rings (SSSR count). The van der Waals surface area contributed by atoms with Crippen molar-refractivity contribution < 1.29 is 14.6 Å². The third-order valence-electron chi connectivity index (χ3n) is 5.23. The maximum atomic E-state index is 11.9. The molecule has 0 spiro atoms. The molecule has 144 valence electrons. The van der Waals surface area contributed by atoms with E-state index in [0.29, 0.717) is 23.4 Å². The molecule has 2 N–H and O–H groups in total. The van der Waals surface area contributed by atoms with E-state index in [0.717, 1.165) is 31.2 Å². The van der Waals surface area contributed by atoms with E-state index in [2.05, 4.69) is 45.2 Å². The molecule has 0 fully saturated rings. The molecule has 1 amide bonds. The van der Waals surface area contributed by atoms with E-state index in [1.807, 2.05) is 12.2 Å². The predicted molar refractivity (Wildman–Crippen MR) is 109 cm³/mol. The summed E-state index contributed by atoms with van der Waals surface area (Å²) in [4.78, 5) is 11.9. The number of amides is 1. The van der Waals surface area contributed by atoms with Crippen molar-refractivity contribution in [1.82, 2.24) is 5.32 Å². The molecule has 0 radical (unpaired) electrons. The first-order valence-electron chi connectivity index (χ1n) is 9.63. The van der Waals surface area contributed by atoms with E-state index in [-0.39, 0.29) is 11.7 Å². The molecule has 1 aromatic carbocycles. The number of carbonyl (C=O) groups excluding carboxylic acids is 1. The van der Waals surface area contributed by atoms with Crippen molar-refractivity contribution in [1.29, 1.82) is 0 Å². The van der Waals surface area contributed by atoms with Gasteiger partial charge < -0.3 is 15.2 Å². The maximum absolute atomic E-state index is 11.9. The molecule has 2 aliphatic heterocycles. The summed E-state index contributed by atoms with van der Waals surface area (Å²) in [6.07, 6.45) is 12.4. The number of fused-ring (bicyclic) bond motifs is 3. The summed E-state index contributed by atoms with van der Waals surface area (Å²) in [5, 5.41) is 13.1. The maximum Gasteiger partial charge on any atom is 0.252 e. The molecule has 0 unspecified atom stereocenters. The van der Waals surface area contributed by atoms with Crippen LogP contribution in [-0.4, -0.2) is 16.6 Å². The monoisotopic (exact) mass is 367 g/mol. The number of phenolic OH excluding ortho intramolecular Hbond substituents is 1. The van der Waals surface area contributed by atoms with Gasteiger partial charge in [-0.15, -0.1) is 0 Å². The number of phenols is 1. The first kappa shape index (κ1) is 19.3. The molecule has 0 aliphatic carbocycles. The lowest BCUT2D eigenvalue weighted by atomic mass is 9.92. The Morgan fingerprint density at radius 3 is 2.81 bits per heavy atom. The molecule has 27 heavy (non-hydrogen) atoms. The summed E-state index contributed by atoms with van der Waals surface area (Å²) < 4.78 is 6.31. The lowest BCUT2D eigenvalue weighted by molar-refractivity contribution is 0.0965. The zero-order valence-electron chi connectivity index (χ0n) is 16.7. The fourth-order valence-electron chi connectivity index (χ4n) is 3.58. The van der Waals surface area contributed by atoms with Crippen LogP contribution in [0.2, 0.25) is 0 Å². The van der Waals surface area contributed by atoms with Gasteiger partial charge >= 0.3 is 0 Å². The van der Waals surface area contributed by atoms with E-state index in [1.54, 1.807) is 0 Å². The fraction of sp³-hybridized carbons (Fsp3) is 0.435. The minimum absolute atomic E-state index is 0.0918. The van der Waals surface area contributed by atoms with Crippen LogP contribution in [0.4, 0.5) is 0 Å². The summed E-state index contributed by atoms with van der Waals surface area (Å²) >= 11 is 0. The molecule has 2 heterocycles. The van der Waals surface area contributed by atoms with Crippen LogP contribution in [0.5, 0.6) is 11.5 Å². The number of nitrogens with one attached hydrogen (secondary N) is 1. The van der Waals surface area contributed by atoms with Crippen molar-refractivity contribution in [3.63, 3.8) is 0 Å². The summed E-state index contributed by atoms with van der Waals surface area (Å²) in [5.74, 6) is 0.574. The number of carbonyl (C=O) groups is 1. The second kappa shape index (κ2) is 7.63. The molecule has 4 heteroatoms. The molecule has 2 aliphatic rings. The Kier molecular flexibility index (Phi) is 5.45. The molecule has 0 bridgehead atoms. The first-order valence-corrected chi connectivity index (χ1v) is 9.63. The zero-order valence-corrected chi connectivity index (χ0v) is 16.7. The van der Waals surface area contributed by atoms with Crippen molar-refractivity contribution in [2.45, 2.75) is 65.5 Å². The van der Waals surface area contributed by atoms with Gasteiger partial charge in [-0.05, 0) is 71.6 Å². The van der Waals surface area contributed by atoms with E-state index in [9.17, 15) is 9.90 Å². The first-order chi connectivity index (χ1) is 12.8. The van der Waals surface area contributed by atoms with Gasteiger partial charge in [0.15, 0.2) is 0 Å². The fourth-order valence-corrected chi connectivity index (χ4v) is 3.58. The SMILES string of the molecule is CC(C)=CCC/C(C)=C\CC[C@@]1(C)C=Cc2c(O)cc3c(c2O1)CNC3=O. The minimum Gasteiger partial charge on any atom is -0.507 e. The second-order valence-electron chi connectivity index (χ2n) is 8.00. The molecule has 0 aromatic heterocycles. The van der Waals surface area contributed by atoms with Crippen LogP contribution in [0.15, 0.2) is 35.4 Å². The molecule has 0 saturated carbocycles.